The van der Waals surface area contributed by atoms with Crippen LogP contribution in [0.2, 0.25) is 0 Å². The zero-order valence-corrected chi connectivity index (χ0v) is 26.8. The summed E-state index contributed by atoms with van der Waals surface area (Å²) in [5, 5.41) is 25.8. The maximum absolute atomic E-state index is 9.06. The average Bonchev–Trinajstić information content (AvgIpc) is 3.06. The molecule has 0 atom stereocenters. The Bertz CT molecular complexity index is 1330. The quantitative estimate of drug-likeness (QED) is 0.187. The smallest absolute Gasteiger partial charge is 0.263 e. The number of aliphatic hydroxyl groups excluding tert-OH is 3. The topological polar surface area (TPSA) is 166 Å². The van der Waals surface area contributed by atoms with Gasteiger partial charge in [-0.15, -0.1) is 0 Å². The Balaban J connectivity index is 0.000000446. The molecule has 240 valence electrons. The van der Waals surface area contributed by atoms with Crippen molar-refractivity contribution in [1.29, 1.82) is 0 Å². The van der Waals surface area contributed by atoms with Crippen LogP contribution in [-0.2, 0) is 12.0 Å². The van der Waals surface area contributed by atoms with Crippen LogP contribution in [0.1, 0.15) is 59.1 Å². The van der Waals surface area contributed by atoms with Crippen molar-refractivity contribution in [3.63, 3.8) is 0 Å². The molecule has 0 radical (unpaired) electrons. The summed E-state index contributed by atoms with van der Waals surface area (Å²) < 4.78 is 16.6. The molecule has 0 saturated carbocycles. The molecule has 0 aliphatic carbocycles. The minimum atomic E-state index is -0.199. The number of nitrogens with zero attached hydrogens (tertiary/aromatic N) is 4. The van der Waals surface area contributed by atoms with Gasteiger partial charge >= 0.3 is 0 Å². The molecule has 2 aromatic heterocycles. The Hall–Kier alpha value is -4.32. The lowest BCUT2D eigenvalue weighted by Gasteiger charge is -2.18. The van der Waals surface area contributed by atoms with Crippen LogP contribution in [0.25, 0.3) is 11.6 Å². The maximum atomic E-state index is 9.06. The van der Waals surface area contributed by atoms with Gasteiger partial charge in [0.15, 0.2) is 23.1 Å². The first-order valence-electron chi connectivity index (χ1n) is 14.5. The molecule has 11 nitrogen and oxygen atoms in total. The van der Waals surface area contributed by atoms with E-state index < -0.39 is 0 Å². The van der Waals surface area contributed by atoms with Gasteiger partial charge in [-0.2, -0.15) is 4.98 Å². The SMILES string of the molecule is CC.CC(C)(C)c1ccc(CO)cc1.CCCO.COc1ccccc1Oc1c(N)nc(-c2ncccn2)nc1OCCO. The summed E-state index contributed by atoms with van der Waals surface area (Å²) in [7, 11) is 1.53. The van der Waals surface area contributed by atoms with Gasteiger partial charge < -0.3 is 35.3 Å². The Labute approximate surface area is 260 Å². The first-order chi connectivity index (χ1) is 21.2. The minimum absolute atomic E-state index is 0.00776. The van der Waals surface area contributed by atoms with Crippen LogP contribution in [-0.4, -0.2) is 62.2 Å². The first-order valence-corrected chi connectivity index (χ1v) is 14.5. The zero-order chi connectivity index (χ0) is 33.0. The van der Waals surface area contributed by atoms with Gasteiger partial charge in [0.2, 0.25) is 11.6 Å². The van der Waals surface area contributed by atoms with Crippen molar-refractivity contribution in [1.82, 2.24) is 19.9 Å². The molecule has 0 spiro atoms. The molecule has 0 amide bonds. The van der Waals surface area contributed by atoms with Crippen molar-refractivity contribution in [2.24, 2.45) is 0 Å². The van der Waals surface area contributed by atoms with E-state index in [4.69, 9.17) is 35.3 Å². The lowest BCUT2D eigenvalue weighted by molar-refractivity contribution is 0.192. The fourth-order valence-electron chi connectivity index (χ4n) is 3.22. The number of benzene rings is 2. The van der Waals surface area contributed by atoms with Crippen molar-refractivity contribution in [3.05, 3.63) is 78.1 Å². The van der Waals surface area contributed by atoms with Crippen molar-refractivity contribution in [2.45, 2.75) is 60.0 Å². The number of hydrogen-bond donors (Lipinski definition) is 4. The summed E-state index contributed by atoms with van der Waals surface area (Å²) >= 11 is 0. The Morgan fingerprint density at radius 3 is 1.89 bits per heavy atom. The summed E-state index contributed by atoms with van der Waals surface area (Å²) in [6.45, 7) is 12.7. The Kier molecular flexibility index (Phi) is 17.6. The standard InChI is InChI=1S/C17H17N5O4.C11H16O.C3H8O.C2H6/c1-24-11-5-2-3-6-12(11)26-13-14(18)21-16(15-19-7-4-8-20-15)22-17(13)25-10-9-23;1-11(2,3)10-6-4-9(8-12)5-7-10;1-2-3-4;1-2/h2-8,23H,9-10H2,1H3,(H2,18,21,22);4-7,12H,8H2,1-3H3;4H,2-3H2,1H3;1-2H3. The molecule has 44 heavy (non-hydrogen) atoms. The third-order valence-electron chi connectivity index (χ3n) is 5.46. The van der Waals surface area contributed by atoms with Crippen LogP contribution in [0.4, 0.5) is 5.82 Å². The molecule has 5 N–H and O–H groups in total. The highest BCUT2D eigenvalue weighted by molar-refractivity contribution is 5.60. The zero-order valence-electron chi connectivity index (χ0n) is 26.8. The lowest BCUT2D eigenvalue weighted by atomic mass is 9.87. The molecule has 0 saturated heterocycles. The first kappa shape index (κ1) is 37.7. The third-order valence-corrected chi connectivity index (χ3v) is 5.46. The predicted molar refractivity (Wildman–Crippen MR) is 173 cm³/mol. The fraction of sp³-hybridized carbons (Fsp3) is 0.394. The van der Waals surface area contributed by atoms with Crippen molar-refractivity contribution in [2.75, 3.05) is 32.7 Å². The van der Waals surface area contributed by atoms with Gasteiger partial charge in [-0.3, -0.25) is 0 Å². The van der Waals surface area contributed by atoms with E-state index in [-0.39, 0.29) is 54.3 Å². The number of ether oxygens (including phenoxy) is 3. The van der Waals surface area contributed by atoms with Gasteiger partial charge in [0.05, 0.1) is 20.3 Å². The van der Waals surface area contributed by atoms with E-state index in [2.05, 4.69) is 52.8 Å². The molecule has 0 aliphatic rings. The fourth-order valence-corrected chi connectivity index (χ4v) is 3.22. The van der Waals surface area contributed by atoms with E-state index in [0.29, 0.717) is 18.1 Å². The molecule has 0 bridgehead atoms. The molecule has 0 fully saturated rings. The van der Waals surface area contributed by atoms with Crippen molar-refractivity contribution < 1.29 is 29.5 Å². The van der Waals surface area contributed by atoms with Crippen molar-refractivity contribution in [3.8, 4) is 34.8 Å². The molecular formula is C33H47N5O6. The number of nitrogens with two attached hydrogens (primary N) is 1. The number of para-hydroxylation sites is 2. The maximum Gasteiger partial charge on any atom is 0.263 e. The highest BCUT2D eigenvalue weighted by Crippen LogP contribution is 2.39. The second-order valence-corrected chi connectivity index (χ2v) is 9.79. The van der Waals surface area contributed by atoms with Crippen LogP contribution >= 0.6 is 0 Å². The molecule has 4 aromatic rings. The van der Waals surface area contributed by atoms with E-state index in [0.717, 1.165) is 12.0 Å². The highest BCUT2D eigenvalue weighted by Gasteiger charge is 2.20. The van der Waals surface area contributed by atoms with E-state index in [9.17, 15) is 0 Å². The molecule has 11 heteroatoms. The molecule has 0 aliphatic heterocycles. The third kappa shape index (κ3) is 12.5. The largest absolute Gasteiger partial charge is 0.493 e. The highest BCUT2D eigenvalue weighted by atomic mass is 16.5. The van der Waals surface area contributed by atoms with Crippen LogP contribution in [0.5, 0.6) is 23.1 Å². The van der Waals surface area contributed by atoms with Crippen LogP contribution < -0.4 is 19.9 Å². The second kappa shape index (κ2) is 20.6. The van der Waals surface area contributed by atoms with Gasteiger partial charge in [-0.25, -0.2) is 15.0 Å². The molecule has 0 unspecified atom stereocenters. The Morgan fingerprint density at radius 2 is 1.39 bits per heavy atom. The van der Waals surface area contributed by atoms with E-state index in [1.54, 1.807) is 36.7 Å². The Morgan fingerprint density at radius 1 is 0.795 bits per heavy atom. The monoisotopic (exact) mass is 609 g/mol. The summed E-state index contributed by atoms with van der Waals surface area (Å²) in [5.74, 6) is 1.63. The second-order valence-electron chi connectivity index (χ2n) is 9.79. The van der Waals surface area contributed by atoms with Crippen LogP contribution in [0.15, 0.2) is 67.0 Å². The average molecular weight is 610 g/mol. The van der Waals surface area contributed by atoms with E-state index in [1.165, 1.54) is 12.7 Å². The summed E-state index contributed by atoms with van der Waals surface area (Å²) in [6.07, 6.45) is 4.00. The van der Waals surface area contributed by atoms with Crippen molar-refractivity contribution >= 4 is 5.82 Å². The van der Waals surface area contributed by atoms with E-state index in [1.807, 2.05) is 39.0 Å². The van der Waals surface area contributed by atoms with Gasteiger partial charge in [0.1, 0.15) is 6.61 Å². The minimum Gasteiger partial charge on any atom is -0.493 e. The molecule has 4 rings (SSSR count). The molecule has 2 aromatic carbocycles. The number of nitrogen functional groups attached to an aromatic ring is 1. The van der Waals surface area contributed by atoms with Crippen LogP contribution in [0.3, 0.4) is 0 Å². The number of anilines is 1. The summed E-state index contributed by atoms with van der Waals surface area (Å²) in [5.41, 5.74) is 8.54. The van der Waals surface area contributed by atoms with Gasteiger partial charge in [-0.1, -0.05) is 77.9 Å². The summed E-state index contributed by atoms with van der Waals surface area (Å²) in [6, 6.07) is 16.8. The number of methoxy groups -OCH3 is 1. The lowest BCUT2D eigenvalue weighted by Crippen LogP contribution is -2.10. The number of hydrogen-bond acceptors (Lipinski definition) is 11. The molecular weight excluding hydrogens is 562 g/mol. The number of rotatable bonds is 9. The summed E-state index contributed by atoms with van der Waals surface area (Å²) in [4.78, 5) is 16.7. The van der Waals surface area contributed by atoms with Gasteiger partial charge in [0.25, 0.3) is 5.88 Å². The molecule has 2 heterocycles. The predicted octanol–water partition coefficient (Wildman–Crippen LogP) is 5.58. The number of aliphatic hydroxyl groups is 3. The number of aromatic nitrogens is 4. The van der Waals surface area contributed by atoms with Gasteiger partial charge in [-0.05, 0) is 41.2 Å². The van der Waals surface area contributed by atoms with Gasteiger partial charge in [0, 0.05) is 19.0 Å². The normalized spacial score (nSPS) is 10.1. The van der Waals surface area contributed by atoms with E-state index >= 15 is 0 Å². The van der Waals surface area contributed by atoms with Crippen LogP contribution in [0, 0.1) is 0 Å².